The van der Waals surface area contributed by atoms with Crippen molar-refractivity contribution in [2.75, 3.05) is 25.0 Å². The van der Waals surface area contributed by atoms with Crippen molar-refractivity contribution in [3.63, 3.8) is 0 Å². The van der Waals surface area contributed by atoms with Gasteiger partial charge < -0.3 is 10.2 Å². The van der Waals surface area contributed by atoms with E-state index in [0.717, 1.165) is 55.1 Å². The van der Waals surface area contributed by atoms with E-state index in [1.807, 2.05) is 25.7 Å². The smallest absolute Gasteiger partial charge is 0.225 e. The zero-order valence-corrected chi connectivity index (χ0v) is 14.9. The van der Waals surface area contributed by atoms with Crippen molar-refractivity contribution in [1.29, 1.82) is 0 Å². The highest BCUT2D eigenvalue weighted by molar-refractivity contribution is 5.78. The summed E-state index contributed by atoms with van der Waals surface area (Å²) < 4.78 is 1.72. The van der Waals surface area contributed by atoms with E-state index < -0.39 is 0 Å². The number of likely N-dealkylation sites (tertiary alicyclic amines) is 1. The van der Waals surface area contributed by atoms with Crippen molar-refractivity contribution in [2.45, 2.75) is 40.5 Å². The number of aromatic nitrogens is 4. The number of piperidine rings is 1. The van der Waals surface area contributed by atoms with Gasteiger partial charge in [0.2, 0.25) is 11.6 Å². The van der Waals surface area contributed by atoms with Crippen LogP contribution in [-0.4, -0.2) is 50.3 Å². The lowest BCUT2D eigenvalue weighted by Gasteiger charge is -2.33. The topological polar surface area (TPSA) is 75.4 Å². The van der Waals surface area contributed by atoms with E-state index in [9.17, 15) is 4.79 Å². The molecule has 0 aliphatic carbocycles. The van der Waals surface area contributed by atoms with E-state index in [2.05, 4.69) is 27.5 Å². The number of fused-ring (bicyclic) bond motifs is 1. The lowest BCUT2D eigenvalue weighted by Crippen LogP contribution is -2.41. The molecule has 0 saturated carbocycles. The van der Waals surface area contributed by atoms with Crippen LogP contribution in [0.3, 0.4) is 0 Å². The molecular formula is C17H26N6O. The van der Waals surface area contributed by atoms with Gasteiger partial charge >= 0.3 is 0 Å². The van der Waals surface area contributed by atoms with Crippen LogP contribution in [0, 0.1) is 25.7 Å². The van der Waals surface area contributed by atoms with Crippen LogP contribution in [0.4, 0.5) is 5.69 Å². The van der Waals surface area contributed by atoms with Gasteiger partial charge in [-0.3, -0.25) is 4.79 Å². The standard InChI is InChI=1S/C17H26N6O/c1-11(2)17(24)22-7-5-14(6-8-22)9-18-15-12(3)13(4)21-23-10-19-20-16(15)23/h10-11,14,18H,5-9H2,1-4H3. The fraction of sp³-hybridized carbons (Fsp3) is 0.647. The van der Waals surface area contributed by atoms with Gasteiger partial charge in [-0.15, -0.1) is 10.2 Å². The monoisotopic (exact) mass is 330 g/mol. The summed E-state index contributed by atoms with van der Waals surface area (Å²) in [5.74, 6) is 0.924. The minimum atomic E-state index is 0.0864. The minimum absolute atomic E-state index is 0.0864. The highest BCUT2D eigenvalue weighted by Gasteiger charge is 2.24. The lowest BCUT2D eigenvalue weighted by molar-refractivity contribution is -0.135. The first-order valence-electron chi connectivity index (χ1n) is 8.67. The van der Waals surface area contributed by atoms with Crippen LogP contribution in [0.5, 0.6) is 0 Å². The molecule has 0 spiro atoms. The molecule has 0 bridgehead atoms. The van der Waals surface area contributed by atoms with Crippen LogP contribution in [0.1, 0.15) is 37.9 Å². The molecule has 3 rings (SSSR count). The average Bonchev–Trinajstić information content (AvgIpc) is 3.03. The first-order chi connectivity index (χ1) is 11.5. The molecule has 24 heavy (non-hydrogen) atoms. The summed E-state index contributed by atoms with van der Waals surface area (Å²) in [6.45, 7) is 10.6. The maximum absolute atomic E-state index is 12.1. The molecule has 7 nitrogen and oxygen atoms in total. The molecule has 1 saturated heterocycles. The third kappa shape index (κ3) is 3.20. The van der Waals surface area contributed by atoms with Gasteiger partial charge in [-0.2, -0.15) is 9.61 Å². The summed E-state index contributed by atoms with van der Waals surface area (Å²) in [5.41, 5.74) is 3.87. The van der Waals surface area contributed by atoms with Gasteiger partial charge in [-0.25, -0.2) is 0 Å². The summed E-state index contributed by atoms with van der Waals surface area (Å²) >= 11 is 0. The van der Waals surface area contributed by atoms with E-state index in [4.69, 9.17) is 0 Å². The summed E-state index contributed by atoms with van der Waals surface area (Å²) in [4.78, 5) is 14.1. The Labute approximate surface area is 142 Å². The molecule has 2 aromatic rings. The fourth-order valence-electron chi connectivity index (χ4n) is 3.23. The number of anilines is 1. The molecule has 0 aromatic carbocycles. The molecule has 1 amide bonds. The van der Waals surface area contributed by atoms with Crippen molar-refractivity contribution >= 4 is 17.2 Å². The molecule has 2 aromatic heterocycles. The van der Waals surface area contributed by atoms with Crippen LogP contribution >= 0.6 is 0 Å². The predicted octanol–water partition coefficient (Wildman–Crippen LogP) is 2.05. The van der Waals surface area contributed by atoms with Crippen molar-refractivity contribution in [1.82, 2.24) is 24.7 Å². The summed E-state index contributed by atoms with van der Waals surface area (Å²) in [7, 11) is 0. The van der Waals surface area contributed by atoms with E-state index >= 15 is 0 Å². The van der Waals surface area contributed by atoms with Crippen LogP contribution in [-0.2, 0) is 4.79 Å². The number of carbonyl (C=O) groups is 1. The maximum Gasteiger partial charge on any atom is 0.225 e. The Morgan fingerprint density at radius 2 is 2.04 bits per heavy atom. The third-order valence-corrected chi connectivity index (χ3v) is 4.92. The van der Waals surface area contributed by atoms with Gasteiger partial charge in [-0.1, -0.05) is 13.8 Å². The van der Waals surface area contributed by atoms with Crippen LogP contribution in [0.2, 0.25) is 0 Å². The minimum Gasteiger partial charge on any atom is -0.381 e. The lowest BCUT2D eigenvalue weighted by atomic mass is 9.95. The number of nitrogens with one attached hydrogen (secondary N) is 1. The normalized spacial score (nSPS) is 16.1. The first-order valence-corrected chi connectivity index (χ1v) is 8.67. The molecule has 1 aliphatic heterocycles. The summed E-state index contributed by atoms with van der Waals surface area (Å²) in [6.07, 6.45) is 3.71. The molecule has 0 atom stereocenters. The molecule has 0 radical (unpaired) electrons. The van der Waals surface area contributed by atoms with Crippen molar-refractivity contribution in [3.8, 4) is 0 Å². The van der Waals surface area contributed by atoms with Crippen LogP contribution in [0.25, 0.3) is 5.65 Å². The van der Waals surface area contributed by atoms with Crippen molar-refractivity contribution in [2.24, 2.45) is 11.8 Å². The summed E-state index contributed by atoms with van der Waals surface area (Å²) in [6, 6.07) is 0. The van der Waals surface area contributed by atoms with Gasteiger partial charge in [0.25, 0.3) is 0 Å². The van der Waals surface area contributed by atoms with Gasteiger partial charge in [0.1, 0.15) is 6.33 Å². The number of amides is 1. The first kappa shape index (κ1) is 16.7. The highest BCUT2D eigenvalue weighted by atomic mass is 16.2. The zero-order chi connectivity index (χ0) is 17.3. The van der Waals surface area contributed by atoms with Gasteiger partial charge in [0.05, 0.1) is 11.4 Å². The van der Waals surface area contributed by atoms with Crippen LogP contribution < -0.4 is 5.32 Å². The average molecular weight is 330 g/mol. The van der Waals surface area contributed by atoms with E-state index in [0.29, 0.717) is 5.92 Å². The zero-order valence-electron chi connectivity index (χ0n) is 14.9. The van der Waals surface area contributed by atoms with Crippen LogP contribution in [0.15, 0.2) is 6.33 Å². The number of carbonyl (C=O) groups excluding carboxylic acids is 1. The Kier molecular flexibility index (Phi) is 4.69. The largest absolute Gasteiger partial charge is 0.381 e. The van der Waals surface area contributed by atoms with Gasteiger partial charge in [0.15, 0.2) is 0 Å². The maximum atomic E-state index is 12.1. The third-order valence-electron chi connectivity index (χ3n) is 4.92. The molecule has 1 aliphatic rings. The quantitative estimate of drug-likeness (QED) is 0.928. The highest BCUT2D eigenvalue weighted by Crippen LogP contribution is 2.24. The van der Waals surface area contributed by atoms with Gasteiger partial charge in [-0.05, 0) is 38.2 Å². The summed E-state index contributed by atoms with van der Waals surface area (Å²) in [5, 5.41) is 16.1. The van der Waals surface area contributed by atoms with Crippen molar-refractivity contribution in [3.05, 3.63) is 17.6 Å². The SMILES string of the molecule is Cc1nn2cnnc2c(NCC2CCN(C(=O)C(C)C)CC2)c1C. The number of nitrogens with zero attached hydrogens (tertiary/aromatic N) is 5. The molecular weight excluding hydrogens is 304 g/mol. The molecule has 0 unspecified atom stereocenters. The number of hydrogen-bond acceptors (Lipinski definition) is 5. The Balaban J connectivity index is 1.63. The Morgan fingerprint density at radius 1 is 1.33 bits per heavy atom. The van der Waals surface area contributed by atoms with E-state index in [-0.39, 0.29) is 11.8 Å². The second-order valence-electron chi connectivity index (χ2n) is 6.99. The van der Waals surface area contributed by atoms with E-state index in [1.54, 1.807) is 10.8 Å². The number of hydrogen-bond donors (Lipinski definition) is 1. The predicted molar refractivity (Wildman–Crippen MR) is 92.9 cm³/mol. The number of rotatable bonds is 4. The molecule has 1 N–H and O–H groups in total. The molecule has 7 heteroatoms. The molecule has 3 heterocycles. The van der Waals surface area contributed by atoms with Gasteiger partial charge in [0, 0.05) is 25.6 Å². The fourth-order valence-corrected chi connectivity index (χ4v) is 3.23. The molecule has 1 fully saturated rings. The molecule has 130 valence electrons. The second-order valence-corrected chi connectivity index (χ2v) is 6.99. The Bertz CT molecular complexity index is 730. The van der Waals surface area contributed by atoms with E-state index in [1.165, 1.54) is 0 Å². The Hall–Kier alpha value is -2.18. The number of aryl methyl sites for hydroxylation is 1. The second kappa shape index (κ2) is 6.75. The Morgan fingerprint density at radius 3 is 2.71 bits per heavy atom. The van der Waals surface area contributed by atoms with Crippen molar-refractivity contribution < 1.29 is 4.79 Å².